The Kier molecular flexibility index (Phi) is 6.26. The highest BCUT2D eigenvalue weighted by atomic mass is 14.6. The zero-order valence-electron chi connectivity index (χ0n) is 14.3. The monoisotopic (exact) mass is 287 g/mol. The van der Waals surface area contributed by atoms with Crippen LogP contribution >= 0.6 is 0 Å². The Morgan fingerprint density at radius 2 is 1.86 bits per heavy atom. The van der Waals surface area contributed by atoms with Crippen LogP contribution in [-0.2, 0) is 0 Å². The Labute approximate surface area is 131 Å². The van der Waals surface area contributed by atoms with Gasteiger partial charge in [0.05, 0.1) is 0 Å². The Morgan fingerprint density at radius 3 is 2.43 bits per heavy atom. The van der Waals surface area contributed by atoms with Crippen molar-refractivity contribution in [2.24, 2.45) is 11.3 Å². The van der Waals surface area contributed by atoms with Crippen molar-refractivity contribution in [3.63, 3.8) is 0 Å². The molecule has 118 valence electrons. The molecule has 2 atom stereocenters. The Bertz CT molecular complexity index is 392. The molecule has 0 bridgehead atoms. The molecular weight excluding hydrogens is 254 g/mol. The molecule has 1 aromatic heterocycles. The minimum atomic E-state index is 0.599. The van der Waals surface area contributed by atoms with Gasteiger partial charge in [0.15, 0.2) is 0 Å². The standard InChI is InChI=1S/C20H33N/c1-4-8-17-13-19(18-9-7-12-21-16-18)15-20(14-17,10-5-2)11-6-3/h7,9,12,16-17,19H,4-6,8,10-11,13-15H2,1-3H3. The molecule has 1 aromatic rings. The van der Waals surface area contributed by atoms with E-state index in [0.717, 1.165) is 11.8 Å². The third-order valence-electron chi connectivity index (χ3n) is 5.43. The third-order valence-corrected chi connectivity index (χ3v) is 5.43. The molecule has 0 N–H and O–H groups in total. The van der Waals surface area contributed by atoms with E-state index in [0.29, 0.717) is 5.41 Å². The smallest absolute Gasteiger partial charge is 0.0302 e. The van der Waals surface area contributed by atoms with Crippen LogP contribution in [-0.4, -0.2) is 4.98 Å². The summed E-state index contributed by atoms with van der Waals surface area (Å²) in [5.74, 6) is 1.66. The van der Waals surface area contributed by atoms with Crippen molar-refractivity contribution in [2.45, 2.75) is 84.5 Å². The Morgan fingerprint density at radius 1 is 1.10 bits per heavy atom. The zero-order chi connectivity index (χ0) is 15.1. The summed E-state index contributed by atoms with van der Waals surface area (Å²) in [5.41, 5.74) is 2.08. The van der Waals surface area contributed by atoms with E-state index in [4.69, 9.17) is 0 Å². The lowest BCUT2D eigenvalue weighted by Crippen LogP contribution is -2.32. The van der Waals surface area contributed by atoms with E-state index >= 15 is 0 Å². The minimum Gasteiger partial charge on any atom is -0.264 e. The van der Waals surface area contributed by atoms with Crippen molar-refractivity contribution in [2.75, 3.05) is 0 Å². The van der Waals surface area contributed by atoms with Gasteiger partial charge in [-0.1, -0.05) is 52.5 Å². The molecule has 1 nitrogen and oxygen atoms in total. The normalized spacial score (nSPS) is 24.9. The van der Waals surface area contributed by atoms with Crippen molar-refractivity contribution in [3.05, 3.63) is 30.1 Å². The first-order chi connectivity index (χ1) is 10.2. The quantitative estimate of drug-likeness (QED) is 0.569. The molecular formula is C20H33N. The van der Waals surface area contributed by atoms with Gasteiger partial charge in [-0.15, -0.1) is 0 Å². The second-order valence-corrected chi connectivity index (χ2v) is 7.28. The van der Waals surface area contributed by atoms with Crippen LogP contribution in [0, 0.1) is 11.3 Å². The van der Waals surface area contributed by atoms with Crippen LogP contribution in [0.25, 0.3) is 0 Å². The first-order valence-electron chi connectivity index (χ1n) is 9.13. The van der Waals surface area contributed by atoms with Crippen molar-refractivity contribution in [1.82, 2.24) is 4.98 Å². The third kappa shape index (κ3) is 4.31. The molecule has 1 heteroatoms. The lowest BCUT2D eigenvalue weighted by Gasteiger charge is -2.45. The average Bonchev–Trinajstić information content (AvgIpc) is 2.49. The first kappa shape index (κ1) is 16.5. The molecule has 0 amide bonds. The van der Waals surface area contributed by atoms with Crippen LogP contribution in [0.5, 0.6) is 0 Å². The van der Waals surface area contributed by atoms with Crippen LogP contribution in [0.1, 0.15) is 90.0 Å². The van der Waals surface area contributed by atoms with Gasteiger partial charge < -0.3 is 0 Å². The fourth-order valence-electron chi connectivity index (χ4n) is 4.88. The molecule has 0 saturated heterocycles. The number of pyridine rings is 1. The van der Waals surface area contributed by atoms with Gasteiger partial charge in [-0.25, -0.2) is 0 Å². The summed E-state index contributed by atoms with van der Waals surface area (Å²) in [4.78, 5) is 4.37. The number of hydrogen-bond donors (Lipinski definition) is 0. The van der Waals surface area contributed by atoms with Gasteiger partial charge in [0, 0.05) is 12.4 Å². The van der Waals surface area contributed by atoms with E-state index in [-0.39, 0.29) is 0 Å². The molecule has 1 aliphatic rings. The molecule has 1 heterocycles. The maximum absolute atomic E-state index is 4.37. The predicted molar refractivity (Wildman–Crippen MR) is 91.5 cm³/mol. The maximum atomic E-state index is 4.37. The molecule has 0 spiro atoms. The van der Waals surface area contributed by atoms with Crippen LogP contribution in [0.15, 0.2) is 24.5 Å². The molecule has 0 radical (unpaired) electrons. The molecule has 1 saturated carbocycles. The fraction of sp³-hybridized carbons (Fsp3) is 0.750. The van der Waals surface area contributed by atoms with Crippen molar-refractivity contribution in [1.29, 1.82) is 0 Å². The van der Waals surface area contributed by atoms with Gasteiger partial charge in [-0.05, 0) is 61.0 Å². The van der Waals surface area contributed by atoms with Gasteiger partial charge in [-0.3, -0.25) is 4.98 Å². The molecule has 2 rings (SSSR count). The van der Waals surface area contributed by atoms with Gasteiger partial charge in [-0.2, -0.15) is 0 Å². The summed E-state index contributed by atoms with van der Waals surface area (Å²) < 4.78 is 0. The fourth-order valence-corrected chi connectivity index (χ4v) is 4.88. The summed E-state index contributed by atoms with van der Waals surface area (Å²) in [5, 5.41) is 0. The molecule has 0 aliphatic heterocycles. The number of rotatable bonds is 7. The summed E-state index contributed by atoms with van der Waals surface area (Å²) in [6.45, 7) is 7.06. The van der Waals surface area contributed by atoms with Gasteiger partial charge in [0.25, 0.3) is 0 Å². The molecule has 21 heavy (non-hydrogen) atoms. The number of nitrogens with zero attached hydrogens (tertiary/aromatic N) is 1. The summed E-state index contributed by atoms with van der Waals surface area (Å²) >= 11 is 0. The number of hydrogen-bond acceptors (Lipinski definition) is 1. The largest absolute Gasteiger partial charge is 0.264 e. The average molecular weight is 287 g/mol. The number of aromatic nitrogens is 1. The minimum absolute atomic E-state index is 0.599. The second-order valence-electron chi connectivity index (χ2n) is 7.28. The predicted octanol–water partition coefficient (Wildman–Crippen LogP) is 6.35. The van der Waals surface area contributed by atoms with E-state index in [1.807, 2.05) is 6.20 Å². The molecule has 1 fully saturated rings. The zero-order valence-corrected chi connectivity index (χ0v) is 14.3. The van der Waals surface area contributed by atoms with Crippen LogP contribution in [0.4, 0.5) is 0 Å². The Balaban J connectivity index is 2.21. The van der Waals surface area contributed by atoms with Crippen LogP contribution in [0.3, 0.4) is 0 Å². The van der Waals surface area contributed by atoms with Gasteiger partial charge in [0.1, 0.15) is 0 Å². The van der Waals surface area contributed by atoms with E-state index < -0.39 is 0 Å². The van der Waals surface area contributed by atoms with Gasteiger partial charge in [0.2, 0.25) is 0 Å². The molecule has 0 aromatic carbocycles. The van der Waals surface area contributed by atoms with Crippen molar-refractivity contribution < 1.29 is 0 Å². The van der Waals surface area contributed by atoms with Crippen LogP contribution < -0.4 is 0 Å². The lowest BCUT2D eigenvalue weighted by atomic mass is 9.60. The first-order valence-corrected chi connectivity index (χ1v) is 9.13. The van der Waals surface area contributed by atoms with Crippen LogP contribution in [0.2, 0.25) is 0 Å². The van der Waals surface area contributed by atoms with E-state index in [2.05, 4.69) is 44.1 Å². The lowest BCUT2D eigenvalue weighted by molar-refractivity contribution is 0.0903. The molecule has 1 aliphatic carbocycles. The van der Waals surface area contributed by atoms with Gasteiger partial charge >= 0.3 is 0 Å². The highest BCUT2D eigenvalue weighted by Crippen LogP contribution is 2.52. The van der Waals surface area contributed by atoms with Crippen molar-refractivity contribution in [3.8, 4) is 0 Å². The van der Waals surface area contributed by atoms with Crippen molar-refractivity contribution >= 4 is 0 Å². The van der Waals surface area contributed by atoms with E-state index in [1.165, 1.54) is 63.4 Å². The topological polar surface area (TPSA) is 12.9 Å². The summed E-state index contributed by atoms with van der Waals surface area (Å²) in [6.07, 6.45) is 16.5. The highest BCUT2D eigenvalue weighted by molar-refractivity contribution is 5.17. The second kappa shape index (κ2) is 7.96. The highest BCUT2D eigenvalue weighted by Gasteiger charge is 2.39. The molecule has 2 unspecified atom stereocenters. The van der Waals surface area contributed by atoms with E-state index in [9.17, 15) is 0 Å². The maximum Gasteiger partial charge on any atom is 0.0302 e. The summed E-state index contributed by atoms with van der Waals surface area (Å²) in [6, 6.07) is 4.41. The van der Waals surface area contributed by atoms with E-state index in [1.54, 1.807) is 0 Å². The Hall–Kier alpha value is -0.850. The summed E-state index contributed by atoms with van der Waals surface area (Å²) in [7, 11) is 0. The SMILES string of the molecule is CCCC1CC(c2cccnc2)CC(CCC)(CCC)C1.